The number of thioether (sulfide) groups is 1. The number of aromatic nitrogens is 2. The average molecular weight is 403 g/mol. The Balaban J connectivity index is 1.79. The molecule has 3 rings (SSSR count). The third-order valence-electron chi connectivity index (χ3n) is 4.11. The summed E-state index contributed by atoms with van der Waals surface area (Å²) >= 11 is 1.41. The maximum absolute atomic E-state index is 13.0. The molecule has 0 aliphatic carbocycles. The van der Waals surface area contributed by atoms with Gasteiger partial charge >= 0.3 is 6.18 Å². The summed E-state index contributed by atoms with van der Waals surface area (Å²) in [5.41, 5.74) is 1.86. The minimum absolute atomic E-state index is 0.176. The fraction of sp³-hybridized carbons (Fsp3) is 0.200. The van der Waals surface area contributed by atoms with Crippen LogP contribution in [0.2, 0.25) is 0 Å². The van der Waals surface area contributed by atoms with Crippen LogP contribution in [0.25, 0.3) is 0 Å². The van der Waals surface area contributed by atoms with E-state index in [9.17, 15) is 18.3 Å². The molecule has 0 aliphatic rings. The van der Waals surface area contributed by atoms with Gasteiger partial charge in [0, 0.05) is 12.3 Å². The lowest BCUT2D eigenvalue weighted by atomic mass is 10.1. The molecule has 2 aromatic carbocycles. The lowest BCUT2D eigenvalue weighted by Gasteiger charge is -2.13. The zero-order valence-electron chi connectivity index (χ0n) is 14.6. The first-order valence-electron chi connectivity index (χ1n) is 8.34. The molecule has 1 N–H and O–H groups in total. The van der Waals surface area contributed by atoms with Gasteiger partial charge in [-0.25, -0.2) is 4.98 Å². The largest absolute Gasteiger partial charge is 0.416 e. The van der Waals surface area contributed by atoms with Crippen molar-refractivity contribution in [3.05, 3.63) is 82.7 Å². The number of rotatable bonds is 6. The van der Waals surface area contributed by atoms with E-state index < -0.39 is 11.7 Å². The second-order valence-electron chi connectivity index (χ2n) is 6.07. The molecular formula is C20H16F3N3OS. The SMILES string of the molecule is N#Cc1ccc(CSc2ncc(CO)n2Cc2cccc(C(F)(F)F)c2)cc1. The van der Waals surface area contributed by atoms with E-state index in [2.05, 4.69) is 11.1 Å². The lowest BCUT2D eigenvalue weighted by Crippen LogP contribution is -2.09. The number of aliphatic hydroxyl groups excluding tert-OH is 1. The molecule has 4 nitrogen and oxygen atoms in total. The first-order valence-corrected chi connectivity index (χ1v) is 9.32. The van der Waals surface area contributed by atoms with E-state index in [1.54, 1.807) is 22.8 Å². The van der Waals surface area contributed by atoms with E-state index in [4.69, 9.17) is 5.26 Å². The number of benzene rings is 2. The van der Waals surface area contributed by atoms with E-state index in [1.807, 2.05) is 12.1 Å². The Bertz CT molecular complexity index is 991. The second-order valence-corrected chi connectivity index (χ2v) is 7.01. The van der Waals surface area contributed by atoms with Crippen molar-refractivity contribution < 1.29 is 18.3 Å². The van der Waals surface area contributed by atoms with E-state index in [0.717, 1.165) is 17.7 Å². The summed E-state index contributed by atoms with van der Waals surface area (Å²) in [5, 5.41) is 19.0. The number of nitriles is 1. The van der Waals surface area contributed by atoms with Crippen LogP contribution >= 0.6 is 11.8 Å². The molecule has 3 aromatic rings. The van der Waals surface area contributed by atoms with Gasteiger partial charge in [-0.1, -0.05) is 36.0 Å². The molecular weight excluding hydrogens is 387 g/mol. The minimum atomic E-state index is -4.40. The van der Waals surface area contributed by atoms with Crippen LogP contribution in [0.3, 0.4) is 0 Å². The van der Waals surface area contributed by atoms with Gasteiger partial charge in [0.15, 0.2) is 5.16 Å². The maximum Gasteiger partial charge on any atom is 0.416 e. The molecule has 0 atom stereocenters. The number of hydrogen-bond donors (Lipinski definition) is 1. The third-order valence-corrected chi connectivity index (χ3v) is 5.17. The molecule has 0 fully saturated rings. The van der Waals surface area contributed by atoms with Crippen LogP contribution in [-0.4, -0.2) is 14.7 Å². The number of hydrogen-bond acceptors (Lipinski definition) is 4. The minimum Gasteiger partial charge on any atom is -0.390 e. The molecule has 1 heterocycles. The molecule has 0 saturated carbocycles. The summed E-state index contributed by atoms with van der Waals surface area (Å²) in [6.07, 6.45) is -2.88. The van der Waals surface area contributed by atoms with Gasteiger partial charge in [-0.05, 0) is 35.4 Å². The van der Waals surface area contributed by atoms with Gasteiger partial charge in [0.2, 0.25) is 0 Å². The van der Waals surface area contributed by atoms with E-state index in [1.165, 1.54) is 24.0 Å². The lowest BCUT2D eigenvalue weighted by molar-refractivity contribution is -0.137. The zero-order chi connectivity index (χ0) is 20.1. The molecule has 0 spiro atoms. The van der Waals surface area contributed by atoms with Crippen molar-refractivity contribution >= 4 is 11.8 Å². The molecule has 8 heteroatoms. The first kappa shape index (κ1) is 20.0. The van der Waals surface area contributed by atoms with Crippen molar-refractivity contribution in [3.63, 3.8) is 0 Å². The highest BCUT2D eigenvalue weighted by molar-refractivity contribution is 7.98. The van der Waals surface area contributed by atoms with Crippen LogP contribution in [0.15, 0.2) is 59.9 Å². The van der Waals surface area contributed by atoms with Gasteiger partial charge in [0.05, 0.1) is 35.7 Å². The highest BCUT2D eigenvalue weighted by Crippen LogP contribution is 2.30. The van der Waals surface area contributed by atoms with Crippen molar-refractivity contribution in [2.45, 2.75) is 30.2 Å². The summed E-state index contributed by atoms with van der Waals surface area (Å²) in [5.74, 6) is 0.580. The summed E-state index contributed by atoms with van der Waals surface area (Å²) in [6, 6.07) is 14.3. The molecule has 0 unspecified atom stereocenters. The van der Waals surface area contributed by atoms with Crippen LogP contribution in [0, 0.1) is 11.3 Å². The molecule has 0 radical (unpaired) electrons. The first-order chi connectivity index (χ1) is 13.4. The molecule has 144 valence electrons. The molecule has 0 bridgehead atoms. The fourth-order valence-corrected chi connectivity index (χ4v) is 3.61. The summed E-state index contributed by atoms with van der Waals surface area (Å²) in [7, 11) is 0. The molecule has 28 heavy (non-hydrogen) atoms. The predicted octanol–water partition coefficient (Wildman–Crippen LogP) is 4.61. The normalized spacial score (nSPS) is 11.4. The summed E-state index contributed by atoms with van der Waals surface area (Å²) in [6.45, 7) is -0.0844. The average Bonchev–Trinajstić information content (AvgIpc) is 3.08. The number of halogens is 3. The Labute approximate surface area is 164 Å². The Hall–Kier alpha value is -2.76. The van der Waals surface area contributed by atoms with Crippen molar-refractivity contribution in [2.24, 2.45) is 0 Å². The van der Waals surface area contributed by atoms with Gasteiger partial charge in [-0.3, -0.25) is 0 Å². The van der Waals surface area contributed by atoms with E-state index >= 15 is 0 Å². The Morgan fingerprint density at radius 3 is 2.50 bits per heavy atom. The van der Waals surface area contributed by atoms with Gasteiger partial charge in [0.1, 0.15) is 0 Å². The van der Waals surface area contributed by atoms with E-state index in [0.29, 0.717) is 27.7 Å². The third kappa shape index (κ3) is 4.74. The predicted molar refractivity (Wildman–Crippen MR) is 99.4 cm³/mol. The molecule has 0 aliphatic heterocycles. The number of imidazole rings is 1. The number of nitrogens with zero attached hydrogens (tertiary/aromatic N) is 3. The van der Waals surface area contributed by atoms with Crippen LogP contribution in [0.4, 0.5) is 13.2 Å². The van der Waals surface area contributed by atoms with Gasteiger partial charge in [-0.15, -0.1) is 0 Å². The molecule has 0 amide bonds. The van der Waals surface area contributed by atoms with Gasteiger partial charge in [0.25, 0.3) is 0 Å². The summed E-state index contributed by atoms with van der Waals surface area (Å²) < 4.78 is 40.6. The fourth-order valence-electron chi connectivity index (χ4n) is 2.65. The quantitative estimate of drug-likeness (QED) is 0.611. The second kappa shape index (κ2) is 8.50. The van der Waals surface area contributed by atoms with Crippen molar-refractivity contribution in [2.75, 3.05) is 0 Å². The van der Waals surface area contributed by atoms with Crippen LogP contribution < -0.4 is 0 Å². The molecule has 1 aromatic heterocycles. The summed E-state index contributed by atoms with van der Waals surface area (Å²) in [4.78, 5) is 4.29. The number of alkyl halides is 3. The number of aliphatic hydroxyl groups is 1. The maximum atomic E-state index is 13.0. The zero-order valence-corrected chi connectivity index (χ0v) is 15.5. The van der Waals surface area contributed by atoms with Gasteiger partial charge < -0.3 is 9.67 Å². The van der Waals surface area contributed by atoms with Crippen molar-refractivity contribution in [3.8, 4) is 6.07 Å². The standard InChI is InChI=1S/C20H16F3N3OS/c21-20(22,23)17-3-1-2-16(8-17)11-26-18(12-27)10-25-19(26)28-13-15-6-4-14(9-24)5-7-15/h1-8,10,27H,11-13H2. The topological polar surface area (TPSA) is 61.8 Å². The van der Waals surface area contributed by atoms with E-state index in [-0.39, 0.29) is 13.2 Å². The Morgan fingerprint density at radius 2 is 1.86 bits per heavy atom. The Morgan fingerprint density at radius 1 is 1.11 bits per heavy atom. The Kier molecular flexibility index (Phi) is 6.07. The van der Waals surface area contributed by atoms with Crippen LogP contribution in [-0.2, 0) is 25.1 Å². The smallest absolute Gasteiger partial charge is 0.390 e. The highest BCUT2D eigenvalue weighted by Gasteiger charge is 2.30. The highest BCUT2D eigenvalue weighted by atomic mass is 32.2. The monoisotopic (exact) mass is 403 g/mol. The van der Waals surface area contributed by atoms with Crippen molar-refractivity contribution in [1.82, 2.24) is 9.55 Å². The van der Waals surface area contributed by atoms with Crippen LogP contribution in [0.5, 0.6) is 0 Å². The van der Waals surface area contributed by atoms with Crippen molar-refractivity contribution in [1.29, 1.82) is 5.26 Å². The molecule has 0 saturated heterocycles. The van der Waals surface area contributed by atoms with Gasteiger partial charge in [-0.2, -0.15) is 18.4 Å². The van der Waals surface area contributed by atoms with Crippen LogP contribution in [0.1, 0.15) is 27.9 Å².